The zero-order valence-corrected chi connectivity index (χ0v) is 15.8. The molecule has 0 saturated carbocycles. The number of aryl methyl sites for hydroxylation is 1. The van der Waals surface area contributed by atoms with E-state index in [1.165, 1.54) is 12.0 Å². The molecule has 0 radical (unpaired) electrons. The Morgan fingerprint density at radius 1 is 1.12 bits per heavy atom. The van der Waals surface area contributed by atoms with E-state index in [4.69, 9.17) is 21.7 Å². The van der Waals surface area contributed by atoms with Crippen molar-refractivity contribution in [3.8, 4) is 5.75 Å². The molecular weight excluding hydrogens is 356 g/mol. The van der Waals surface area contributed by atoms with Gasteiger partial charge in [-0.25, -0.2) is 4.79 Å². The molecule has 7 heteroatoms. The maximum atomic E-state index is 12.2. The number of hydrogen-bond acceptors (Lipinski definition) is 5. The summed E-state index contributed by atoms with van der Waals surface area (Å²) >= 11 is 6.99. The van der Waals surface area contributed by atoms with Crippen molar-refractivity contribution >= 4 is 45.3 Å². The van der Waals surface area contributed by atoms with Crippen LogP contribution in [-0.4, -0.2) is 25.3 Å². The number of thiocarbonyl (C=S) groups is 1. The monoisotopic (exact) mass is 376 g/mol. The molecule has 0 aliphatic heterocycles. The summed E-state index contributed by atoms with van der Waals surface area (Å²) in [6.45, 7) is 0. The van der Waals surface area contributed by atoms with Gasteiger partial charge in [0.05, 0.1) is 19.8 Å². The van der Waals surface area contributed by atoms with Crippen LogP contribution in [0.4, 0.5) is 10.7 Å². The van der Waals surface area contributed by atoms with E-state index in [9.17, 15) is 4.79 Å². The molecule has 132 valence electrons. The lowest BCUT2D eigenvalue weighted by Crippen LogP contribution is -2.20. The lowest BCUT2D eigenvalue weighted by atomic mass is 9.95. The summed E-state index contributed by atoms with van der Waals surface area (Å²) in [6.07, 6.45) is 4.17. The smallest absolute Gasteiger partial charge is 0.341 e. The lowest BCUT2D eigenvalue weighted by Gasteiger charge is -2.12. The number of anilines is 2. The Bertz CT molecular complexity index is 784. The average Bonchev–Trinajstić information content (AvgIpc) is 2.99. The van der Waals surface area contributed by atoms with E-state index in [0.717, 1.165) is 47.7 Å². The van der Waals surface area contributed by atoms with Gasteiger partial charge in [0.2, 0.25) is 0 Å². The molecule has 1 aromatic carbocycles. The summed E-state index contributed by atoms with van der Waals surface area (Å²) in [4.78, 5) is 13.5. The number of hydrogen-bond donors (Lipinski definition) is 2. The molecular formula is C18H20N2O3S2. The summed E-state index contributed by atoms with van der Waals surface area (Å²) in [6, 6.07) is 7.48. The van der Waals surface area contributed by atoms with Gasteiger partial charge in [-0.05, 0) is 67.7 Å². The molecule has 0 fully saturated rings. The van der Waals surface area contributed by atoms with Crippen molar-refractivity contribution in [1.82, 2.24) is 0 Å². The third kappa shape index (κ3) is 3.93. The van der Waals surface area contributed by atoms with Gasteiger partial charge in [-0.15, -0.1) is 11.3 Å². The molecule has 3 rings (SSSR count). The molecule has 0 atom stereocenters. The Morgan fingerprint density at radius 3 is 2.52 bits per heavy atom. The maximum absolute atomic E-state index is 12.2. The van der Waals surface area contributed by atoms with Crippen molar-refractivity contribution in [2.45, 2.75) is 25.7 Å². The predicted octanol–water partition coefficient (Wildman–Crippen LogP) is 4.23. The minimum absolute atomic E-state index is 0.311. The normalized spacial score (nSPS) is 12.9. The van der Waals surface area contributed by atoms with E-state index in [1.807, 2.05) is 24.3 Å². The Morgan fingerprint density at radius 2 is 1.84 bits per heavy atom. The van der Waals surface area contributed by atoms with E-state index >= 15 is 0 Å². The third-order valence-corrected chi connectivity index (χ3v) is 5.55. The fraction of sp³-hybridized carbons (Fsp3) is 0.333. The van der Waals surface area contributed by atoms with Crippen molar-refractivity contribution in [2.75, 3.05) is 24.9 Å². The minimum Gasteiger partial charge on any atom is -0.497 e. The van der Waals surface area contributed by atoms with Crippen LogP contribution in [0.5, 0.6) is 5.75 Å². The fourth-order valence-corrected chi connectivity index (χ4v) is 4.48. The summed E-state index contributed by atoms with van der Waals surface area (Å²) in [5.41, 5.74) is 2.58. The third-order valence-electron chi connectivity index (χ3n) is 4.14. The van der Waals surface area contributed by atoms with Crippen LogP contribution < -0.4 is 15.4 Å². The topological polar surface area (TPSA) is 59.6 Å². The van der Waals surface area contributed by atoms with E-state index in [0.29, 0.717) is 10.7 Å². The van der Waals surface area contributed by atoms with Gasteiger partial charge in [0, 0.05) is 10.6 Å². The van der Waals surface area contributed by atoms with Gasteiger partial charge in [0.15, 0.2) is 5.11 Å². The van der Waals surface area contributed by atoms with E-state index in [1.54, 1.807) is 18.4 Å². The second-order valence-electron chi connectivity index (χ2n) is 5.71. The summed E-state index contributed by atoms with van der Waals surface area (Å²) in [5, 5.41) is 7.49. The highest BCUT2D eigenvalue weighted by molar-refractivity contribution is 7.80. The second kappa shape index (κ2) is 7.84. The molecule has 0 bridgehead atoms. The van der Waals surface area contributed by atoms with E-state index < -0.39 is 0 Å². The number of nitrogens with one attached hydrogen (secondary N) is 2. The van der Waals surface area contributed by atoms with Gasteiger partial charge < -0.3 is 20.1 Å². The van der Waals surface area contributed by atoms with Crippen LogP contribution in [0.1, 0.15) is 33.6 Å². The van der Waals surface area contributed by atoms with E-state index in [-0.39, 0.29) is 5.97 Å². The van der Waals surface area contributed by atoms with Crippen LogP contribution in [-0.2, 0) is 17.6 Å². The molecule has 1 aliphatic carbocycles. The Kier molecular flexibility index (Phi) is 5.55. The number of methoxy groups -OCH3 is 2. The Labute approximate surface area is 156 Å². The molecule has 1 heterocycles. The SMILES string of the molecule is COC(=O)c1c(NC(=S)Nc2ccc(OC)cc2)sc2c1CCCC2. The zero-order valence-electron chi connectivity index (χ0n) is 14.2. The number of fused-ring (bicyclic) bond motifs is 1. The van der Waals surface area contributed by atoms with Crippen LogP contribution in [0.2, 0.25) is 0 Å². The largest absolute Gasteiger partial charge is 0.497 e. The number of carbonyl (C=O) groups is 1. The highest BCUT2D eigenvalue weighted by Crippen LogP contribution is 2.38. The van der Waals surface area contributed by atoms with Gasteiger partial charge in [0.25, 0.3) is 0 Å². The number of benzene rings is 1. The summed E-state index contributed by atoms with van der Waals surface area (Å²) in [7, 11) is 3.04. The first-order valence-corrected chi connectivity index (χ1v) is 9.29. The van der Waals surface area contributed by atoms with Crippen LogP contribution >= 0.6 is 23.6 Å². The molecule has 25 heavy (non-hydrogen) atoms. The minimum atomic E-state index is -0.311. The van der Waals surface area contributed by atoms with Gasteiger partial charge in [-0.3, -0.25) is 0 Å². The Hall–Kier alpha value is -2.12. The van der Waals surface area contributed by atoms with Crippen LogP contribution in [0.15, 0.2) is 24.3 Å². The average molecular weight is 377 g/mol. The molecule has 0 amide bonds. The molecule has 0 saturated heterocycles. The maximum Gasteiger partial charge on any atom is 0.341 e. The number of esters is 1. The Balaban J connectivity index is 1.78. The van der Waals surface area contributed by atoms with Crippen molar-refractivity contribution in [3.05, 3.63) is 40.3 Å². The van der Waals surface area contributed by atoms with Crippen LogP contribution in [0, 0.1) is 0 Å². The summed E-state index contributed by atoms with van der Waals surface area (Å²) in [5.74, 6) is 0.470. The lowest BCUT2D eigenvalue weighted by molar-refractivity contribution is 0.0601. The number of ether oxygens (including phenoxy) is 2. The van der Waals surface area contributed by atoms with Gasteiger partial charge >= 0.3 is 5.97 Å². The number of carbonyl (C=O) groups excluding carboxylic acids is 1. The number of rotatable bonds is 4. The molecule has 0 spiro atoms. The van der Waals surface area contributed by atoms with Crippen LogP contribution in [0.25, 0.3) is 0 Å². The molecule has 5 nitrogen and oxygen atoms in total. The predicted molar refractivity (Wildman–Crippen MR) is 105 cm³/mol. The van der Waals surface area contributed by atoms with Gasteiger partial charge in [-0.2, -0.15) is 0 Å². The van der Waals surface area contributed by atoms with Gasteiger partial charge in [-0.1, -0.05) is 0 Å². The standard InChI is InChI=1S/C18H20N2O3S2/c1-22-12-9-7-11(8-10-12)19-18(24)20-16-15(17(21)23-2)13-5-3-4-6-14(13)25-16/h7-10H,3-6H2,1-2H3,(H2,19,20,24). The molecule has 2 N–H and O–H groups in total. The fourth-order valence-electron chi connectivity index (χ4n) is 2.91. The first kappa shape index (κ1) is 17.7. The first-order chi connectivity index (χ1) is 12.1. The summed E-state index contributed by atoms with van der Waals surface area (Å²) < 4.78 is 10.1. The van der Waals surface area contributed by atoms with Crippen molar-refractivity contribution in [1.29, 1.82) is 0 Å². The zero-order chi connectivity index (χ0) is 17.8. The molecule has 1 aliphatic rings. The van der Waals surface area contributed by atoms with Crippen molar-refractivity contribution in [2.24, 2.45) is 0 Å². The number of thiophene rings is 1. The molecule has 1 aromatic heterocycles. The van der Waals surface area contributed by atoms with E-state index in [2.05, 4.69) is 10.6 Å². The molecule has 0 unspecified atom stereocenters. The van der Waals surface area contributed by atoms with Crippen molar-refractivity contribution < 1.29 is 14.3 Å². The highest BCUT2D eigenvalue weighted by Gasteiger charge is 2.26. The van der Waals surface area contributed by atoms with Gasteiger partial charge in [0.1, 0.15) is 10.8 Å². The molecule has 2 aromatic rings. The quantitative estimate of drug-likeness (QED) is 0.615. The first-order valence-electron chi connectivity index (χ1n) is 8.07. The second-order valence-corrected chi connectivity index (χ2v) is 7.23. The van der Waals surface area contributed by atoms with Crippen LogP contribution in [0.3, 0.4) is 0 Å². The van der Waals surface area contributed by atoms with Crippen molar-refractivity contribution in [3.63, 3.8) is 0 Å². The highest BCUT2D eigenvalue weighted by atomic mass is 32.1.